The number of hydrogen-bond donors (Lipinski definition) is 2. The lowest BCUT2D eigenvalue weighted by molar-refractivity contribution is 0.297. The molecule has 1 aromatic carbocycles. The molecule has 0 unspecified atom stereocenters. The molecule has 0 aromatic heterocycles. The summed E-state index contributed by atoms with van der Waals surface area (Å²) < 4.78 is 0. The van der Waals surface area contributed by atoms with Gasteiger partial charge < -0.3 is 15.5 Å². The second-order valence-corrected chi connectivity index (χ2v) is 5.71. The van der Waals surface area contributed by atoms with Crippen molar-refractivity contribution in [1.29, 1.82) is 0 Å². The van der Waals surface area contributed by atoms with Gasteiger partial charge in [-0.3, -0.25) is 4.99 Å². The van der Waals surface area contributed by atoms with Crippen LogP contribution < -0.4 is 10.6 Å². The van der Waals surface area contributed by atoms with Crippen LogP contribution in [0.25, 0.3) is 0 Å². The van der Waals surface area contributed by atoms with Crippen molar-refractivity contribution in [3.8, 4) is 0 Å². The minimum atomic E-state index is 0. The lowest BCUT2D eigenvalue weighted by Crippen LogP contribution is -2.37. The molecule has 0 fully saturated rings. The Balaban J connectivity index is 0.00000529. The molecule has 0 saturated carbocycles. The van der Waals surface area contributed by atoms with Crippen LogP contribution in [0.1, 0.15) is 44.7 Å². The first-order chi connectivity index (χ1) is 11.2. The summed E-state index contributed by atoms with van der Waals surface area (Å²) in [4.78, 5) is 6.77. The van der Waals surface area contributed by atoms with E-state index in [2.05, 4.69) is 65.6 Å². The van der Waals surface area contributed by atoms with Crippen molar-refractivity contribution in [3.05, 3.63) is 35.4 Å². The van der Waals surface area contributed by atoms with Crippen LogP contribution >= 0.6 is 24.0 Å². The number of nitrogens with zero attached hydrogens (tertiary/aromatic N) is 2. The van der Waals surface area contributed by atoms with Crippen LogP contribution in [0.2, 0.25) is 0 Å². The first kappa shape index (κ1) is 23.2. The largest absolute Gasteiger partial charge is 0.356 e. The molecule has 0 bridgehead atoms. The fraction of sp³-hybridized carbons (Fsp3) is 0.632. The molecule has 0 aliphatic heterocycles. The van der Waals surface area contributed by atoms with Crippen LogP contribution in [-0.2, 0) is 13.0 Å². The summed E-state index contributed by atoms with van der Waals surface area (Å²) in [5.74, 6) is 0.888. The number of hydrogen-bond acceptors (Lipinski definition) is 2. The highest BCUT2D eigenvalue weighted by Gasteiger charge is 2.02. The molecule has 0 atom stereocenters. The minimum Gasteiger partial charge on any atom is -0.356 e. The Morgan fingerprint density at radius 3 is 2.25 bits per heavy atom. The van der Waals surface area contributed by atoms with E-state index in [9.17, 15) is 0 Å². The highest BCUT2D eigenvalue weighted by atomic mass is 127. The van der Waals surface area contributed by atoms with Gasteiger partial charge in [-0.05, 0) is 50.0 Å². The highest BCUT2D eigenvalue weighted by molar-refractivity contribution is 14.0. The topological polar surface area (TPSA) is 39.7 Å². The van der Waals surface area contributed by atoms with Crippen LogP contribution in [0.3, 0.4) is 0 Å². The molecular weight excluding hydrogens is 411 g/mol. The molecule has 0 aliphatic carbocycles. The van der Waals surface area contributed by atoms with Gasteiger partial charge in [-0.25, -0.2) is 0 Å². The maximum atomic E-state index is 4.31. The van der Waals surface area contributed by atoms with E-state index >= 15 is 0 Å². The molecule has 1 rings (SSSR count). The average Bonchev–Trinajstić information content (AvgIpc) is 2.61. The number of benzene rings is 1. The zero-order valence-corrected chi connectivity index (χ0v) is 18.1. The molecule has 4 nitrogen and oxygen atoms in total. The molecule has 138 valence electrons. The van der Waals surface area contributed by atoms with Gasteiger partial charge in [0.2, 0.25) is 0 Å². The third kappa shape index (κ3) is 8.87. The first-order valence-corrected chi connectivity index (χ1v) is 8.98. The summed E-state index contributed by atoms with van der Waals surface area (Å²) in [7, 11) is 1.83. The molecule has 0 aliphatic rings. The Bertz CT molecular complexity index is 458. The smallest absolute Gasteiger partial charge is 0.191 e. The van der Waals surface area contributed by atoms with Crippen LogP contribution in [0.4, 0.5) is 0 Å². The van der Waals surface area contributed by atoms with Crippen molar-refractivity contribution in [2.24, 2.45) is 4.99 Å². The maximum Gasteiger partial charge on any atom is 0.191 e. The monoisotopic (exact) mass is 446 g/mol. The Kier molecular flexibility index (Phi) is 14.0. The van der Waals surface area contributed by atoms with Crippen molar-refractivity contribution in [1.82, 2.24) is 15.5 Å². The number of unbranched alkanes of at least 4 members (excludes halogenated alkanes) is 1. The van der Waals surface area contributed by atoms with E-state index in [0.717, 1.165) is 38.6 Å². The molecule has 5 heteroatoms. The zero-order valence-electron chi connectivity index (χ0n) is 15.8. The predicted molar refractivity (Wildman–Crippen MR) is 116 cm³/mol. The molecule has 0 amide bonds. The SMILES string of the molecule is CCc1ccccc1CNC(=NC)NCCCCN(CC)CC.I. The summed E-state index contributed by atoms with van der Waals surface area (Å²) in [6.45, 7) is 11.9. The predicted octanol–water partition coefficient (Wildman–Crippen LogP) is 3.65. The van der Waals surface area contributed by atoms with Crippen LogP contribution in [0.15, 0.2) is 29.3 Å². The number of halogens is 1. The van der Waals surface area contributed by atoms with Gasteiger partial charge in [0, 0.05) is 20.1 Å². The fourth-order valence-corrected chi connectivity index (χ4v) is 2.68. The Morgan fingerprint density at radius 1 is 1.00 bits per heavy atom. The first-order valence-electron chi connectivity index (χ1n) is 8.98. The van der Waals surface area contributed by atoms with Crippen molar-refractivity contribution < 1.29 is 0 Å². The van der Waals surface area contributed by atoms with Crippen molar-refractivity contribution in [3.63, 3.8) is 0 Å². The van der Waals surface area contributed by atoms with E-state index in [4.69, 9.17) is 0 Å². The third-order valence-electron chi connectivity index (χ3n) is 4.26. The fourth-order valence-electron chi connectivity index (χ4n) is 2.68. The molecule has 0 spiro atoms. The lowest BCUT2D eigenvalue weighted by atomic mass is 10.1. The normalized spacial score (nSPS) is 11.3. The van der Waals surface area contributed by atoms with Gasteiger partial charge >= 0.3 is 0 Å². The van der Waals surface area contributed by atoms with Gasteiger partial charge in [-0.15, -0.1) is 24.0 Å². The third-order valence-corrected chi connectivity index (χ3v) is 4.26. The maximum absolute atomic E-state index is 4.31. The van der Waals surface area contributed by atoms with Crippen LogP contribution in [-0.4, -0.2) is 44.1 Å². The van der Waals surface area contributed by atoms with Gasteiger partial charge in [-0.1, -0.05) is 45.0 Å². The van der Waals surface area contributed by atoms with Crippen LogP contribution in [0.5, 0.6) is 0 Å². The van der Waals surface area contributed by atoms with E-state index in [0.29, 0.717) is 0 Å². The molecule has 0 heterocycles. The van der Waals surface area contributed by atoms with Crippen molar-refractivity contribution >= 4 is 29.9 Å². The summed E-state index contributed by atoms with van der Waals surface area (Å²) in [6.07, 6.45) is 3.46. The number of rotatable bonds is 10. The number of aryl methyl sites for hydroxylation is 1. The minimum absolute atomic E-state index is 0. The summed E-state index contributed by atoms with van der Waals surface area (Å²) in [5.41, 5.74) is 2.74. The van der Waals surface area contributed by atoms with Crippen LogP contribution in [0, 0.1) is 0 Å². The van der Waals surface area contributed by atoms with E-state index in [1.54, 1.807) is 0 Å². The van der Waals surface area contributed by atoms with Crippen molar-refractivity contribution in [2.75, 3.05) is 33.2 Å². The molecule has 2 N–H and O–H groups in total. The Hall–Kier alpha value is -0.820. The van der Waals surface area contributed by atoms with Gasteiger partial charge in [0.05, 0.1) is 0 Å². The molecular formula is C19H35IN4. The van der Waals surface area contributed by atoms with E-state index in [-0.39, 0.29) is 24.0 Å². The van der Waals surface area contributed by atoms with Gasteiger partial charge in [0.1, 0.15) is 0 Å². The number of nitrogens with one attached hydrogen (secondary N) is 2. The molecule has 24 heavy (non-hydrogen) atoms. The van der Waals surface area contributed by atoms with Gasteiger partial charge in [0.25, 0.3) is 0 Å². The Morgan fingerprint density at radius 2 is 1.67 bits per heavy atom. The summed E-state index contributed by atoms with van der Waals surface area (Å²) in [6, 6.07) is 8.58. The highest BCUT2D eigenvalue weighted by Crippen LogP contribution is 2.08. The van der Waals surface area contributed by atoms with Gasteiger partial charge in [0.15, 0.2) is 5.96 Å². The zero-order chi connectivity index (χ0) is 16.9. The standard InChI is InChI=1S/C19H34N4.HI/c1-5-17-12-8-9-13-18(17)16-22-19(20-4)21-14-10-11-15-23(6-2)7-3;/h8-9,12-13H,5-7,10-11,14-16H2,1-4H3,(H2,20,21,22);1H. The van der Waals surface area contributed by atoms with E-state index in [1.165, 1.54) is 30.5 Å². The van der Waals surface area contributed by atoms with Gasteiger partial charge in [-0.2, -0.15) is 0 Å². The second-order valence-electron chi connectivity index (χ2n) is 5.71. The summed E-state index contributed by atoms with van der Waals surface area (Å²) in [5, 5.41) is 6.82. The molecule has 0 saturated heterocycles. The number of guanidine groups is 1. The Labute approximate surface area is 165 Å². The molecule has 1 aromatic rings. The van der Waals surface area contributed by atoms with Crippen molar-refractivity contribution in [2.45, 2.75) is 46.6 Å². The number of aliphatic imine (C=N–C) groups is 1. The van der Waals surface area contributed by atoms with E-state index in [1.807, 2.05) is 7.05 Å². The second kappa shape index (κ2) is 14.5. The van der Waals surface area contributed by atoms with E-state index < -0.39 is 0 Å². The average molecular weight is 446 g/mol. The molecule has 0 radical (unpaired) electrons. The summed E-state index contributed by atoms with van der Waals surface area (Å²) >= 11 is 0. The lowest BCUT2D eigenvalue weighted by Gasteiger charge is -2.18. The quantitative estimate of drug-likeness (QED) is 0.250.